The van der Waals surface area contributed by atoms with Crippen molar-refractivity contribution in [1.29, 1.82) is 0 Å². The molecule has 0 rings (SSSR count). The van der Waals surface area contributed by atoms with Crippen LogP contribution in [0, 0.1) is 0 Å². The number of carbonyl (C=O) groups excluding carboxylic acids is 2. The molecule has 0 saturated heterocycles. The molecular weight excluding hydrogens is 215 g/mol. The molecule has 0 aromatic rings. The number of carbonyl (C=O) groups is 2. The molecule has 0 aromatic heterocycles. The molecule has 0 heterocycles. The summed E-state index contributed by atoms with van der Waals surface area (Å²) < 4.78 is 4.96. The van der Waals surface area contributed by atoms with E-state index in [4.69, 9.17) is 4.74 Å². The second-order valence-corrected chi connectivity index (χ2v) is 5.05. The van der Waals surface area contributed by atoms with Gasteiger partial charge in [-0.15, -0.1) is 8.58 Å². The van der Waals surface area contributed by atoms with Crippen molar-refractivity contribution in [2.45, 2.75) is 26.4 Å². The van der Waals surface area contributed by atoms with Crippen LogP contribution in [0.2, 0.25) is 0 Å². The molecule has 0 aliphatic heterocycles. The zero-order valence-corrected chi connectivity index (χ0v) is 10.6. The standard InChI is InChI=1S/C9H19N2O3P/c1-9(2,3)14-8(13)10-5-7(12)11-6-15-4/h15H,5-6H2,1-4H3,(H,10,13)(H,11,12). The number of alkyl carbamates (subject to hydrolysis) is 1. The molecule has 5 nitrogen and oxygen atoms in total. The maximum absolute atomic E-state index is 11.1. The summed E-state index contributed by atoms with van der Waals surface area (Å²) in [5.74, 6) is -0.199. The van der Waals surface area contributed by atoms with Gasteiger partial charge in [-0.3, -0.25) is 4.79 Å². The summed E-state index contributed by atoms with van der Waals surface area (Å²) >= 11 is 0. The fourth-order valence-corrected chi connectivity index (χ4v) is 1.09. The minimum atomic E-state index is -0.573. The zero-order chi connectivity index (χ0) is 11.9. The van der Waals surface area contributed by atoms with Crippen molar-refractivity contribution in [3.8, 4) is 0 Å². The van der Waals surface area contributed by atoms with Gasteiger partial charge in [-0.05, 0) is 27.4 Å². The molecule has 2 N–H and O–H groups in total. The Bertz CT molecular complexity index is 226. The molecule has 0 bridgehead atoms. The molecule has 0 spiro atoms. The third-order valence-electron chi connectivity index (χ3n) is 1.25. The molecule has 0 saturated carbocycles. The van der Waals surface area contributed by atoms with Crippen molar-refractivity contribution in [3.63, 3.8) is 0 Å². The first kappa shape index (κ1) is 14.2. The predicted octanol–water partition coefficient (Wildman–Crippen LogP) is 0.893. The highest BCUT2D eigenvalue weighted by molar-refractivity contribution is 7.36. The highest BCUT2D eigenvalue weighted by Crippen LogP contribution is 2.06. The number of nitrogens with one attached hydrogen (secondary N) is 2. The summed E-state index contributed by atoms with van der Waals surface area (Å²) in [6.07, 6.45) is 0.0751. The number of hydrogen-bond acceptors (Lipinski definition) is 3. The normalized spacial score (nSPS) is 11.5. The minimum absolute atomic E-state index is 0.0423. The first-order chi connectivity index (χ1) is 6.85. The third kappa shape index (κ3) is 9.47. The lowest BCUT2D eigenvalue weighted by Gasteiger charge is -2.19. The minimum Gasteiger partial charge on any atom is -0.444 e. The first-order valence-corrected chi connectivity index (χ1v) is 6.44. The lowest BCUT2D eigenvalue weighted by atomic mass is 10.2. The molecule has 0 aliphatic carbocycles. The largest absolute Gasteiger partial charge is 0.444 e. The van der Waals surface area contributed by atoms with Crippen LogP contribution in [0.25, 0.3) is 0 Å². The lowest BCUT2D eigenvalue weighted by molar-refractivity contribution is -0.119. The van der Waals surface area contributed by atoms with Gasteiger partial charge in [0.15, 0.2) is 0 Å². The molecule has 15 heavy (non-hydrogen) atoms. The molecule has 2 amide bonds. The van der Waals surface area contributed by atoms with Crippen molar-refractivity contribution in [2.75, 3.05) is 19.5 Å². The van der Waals surface area contributed by atoms with Crippen molar-refractivity contribution < 1.29 is 14.3 Å². The van der Waals surface area contributed by atoms with Gasteiger partial charge in [0.25, 0.3) is 0 Å². The highest BCUT2D eigenvalue weighted by Gasteiger charge is 2.16. The number of amides is 2. The Kier molecular flexibility index (Phi) is 6.25. The van der Waals surface area contributed by atoms with Crippen LogP contribution in [0.4, 0.5) is 4.79 Å². The Morgan fingerprint density at radius 2 is 1.87 bits per heavy atom. The molecular formula is C9H19N2O3P. The van der Waals surface area contributed by atoms with Gasteiger partial charge in [0.2, 0.25) is 5.91 Å². The van der Waals surface area contributed by atoms with E-state index in [1.165, 1.54) is 0 Å². The van der Waals surface area contributed by atoms with E-state index in [2.05, 4.69) is 10.6 Å². The van der Waals surface area contributed by atoms with Crippen molar-refractivity contribution >= 4 is 20.6 Å². The average molecular weight is 234 g/mol. The second-order valence-electron chi connectivity index (χ2n) is 3.99. The molecule has 1 unspecified atom stereocenters. The van der Waals surface area contributed by atoms with Crippen LogP contribution in [-0.2, 0) is 9.53 Å². The highest BCUT2D eigenvalue weighted by atomic mass is 31.1. The van der Waals surface area contributed by atoms with E-state index >= 15 is 0 Å². The SMILES string of the molecule is CPCNC(=O)CNC(=O)OC(C)(C)C. The summed E-state index contributed by atoms with van der Waals surface area (Å²) in [4.78, 5) is 22.2. The number of hydrogen-bond donors (Lipinski definition) is 2. The maximum Gasteiger partial charge on any atom is 0.408 e. The van der Waals surface area contributed by atoms with Crippen LogP contribution in [-0.4, -0.2) is 37.1 Å². The van der Waals surface area contributed by atoms with E-state index in [9.17, 15) is 9.59 Å². The van der Waals surface area contributed by atoms with Gasteiger partial charge < -0.3 is 15.4 Å². The van der Waals surface area contributed by atoms with Crippen LogP contribution < -0.4 is 10.6 Å². The van der Waals surface area contributed by atoms with Gasteiger partial charge in [0, 0.05) is 6.29 Å². The summed E-state index contributed by atoms with van der Waals surface area (Å²) in [7, 11) is 0.665. The summed E-state index contributed by atoms with van der Waals surface area (Å²) in [5.41, 5.74) is -0.536. The van der Waals surface area contributed by atoms with Gasteiger partial charge in [0.1, 0.15) is 12.1 Å². The number of rotatable bonds is 4. The summed E-state index contributed by atoms with van der Waals surface area (Å²) in [6, 6.07) is 0. The van der Waals surface area contributed by atoms with E-state index < -0.39 is 11.7 Å². The second kappa shape index (κ2) is 6.62. The fraction of sp³-hybridized carbons (Fsp3) is 0.778. The lowest BCUT2D eigenvalue weighted by Crippen LogP contribution is -2.39. The molecule has 0 aliphatic rings. The molecule has 0 fully saturated rings. The molecule has 6 heteroatoms. The van der Waals surface area contributed by atoms with Gasteiger partial charge in [-0.1, -0.05) is 0 Å². The molecule has 0 aromatic carbocycles. The molecule has 1 atom stereocenters. The first-order valence-electron chi connectivity index (χ1n) is 4.73. The quantitative estimate of drug-likeness (QED) is 0.710. The van der Waals surface area contributed by atoms with Gasteiger partial charge in [-0.25, -0.2) is 4.79 Å². The Balaban J connectivity index is 3.67. The van der Waals surface area contributed by atoms with E-state index in [0.29, 0.717) is 14.9 Å². The Labute approximate surface area is 92.1 Å². The Morgan fingerprint density at radius 1 is 1.27 bits per heavy atom. The zero-order valence-electron chi connectivity index (χ0n) is 9.64. The van der Waals surface area contributed by atoms with E-state index in [1.54, 1.807) is 20.8 Å². The van der Waals surface area contributed by atoms with Crippen LogP contribution in [0.5, 0.6) is 0 Å². The van der Waals surface area contributed by atoms with E-state index in [0.717, 1.165) is 0 Å². The van der Waals surface area contributed by atoms with Crippen molar-refractivity contribution in [2.24, 2.45) is 0 Å². The van der Waals surface area contributed by atoms with Gasteiger partial charge >= 0.3 is 6.09 Å². The topological polar surface area (TPSA) is 67.4 Å². The van der Waals surface area contributed by atoms with Crippen LogP contribution in [0.1, 0.15) is 20.8 Å². The predicted molar refractivity (Wildman–Crippen MR) is 61.5 cm³/mol. The Morgan fingerprint density at radius 3 is 2.33 bits per heavy atom. The van der Waals surface area contributed by atoms with Gasteiger partial charge in [-0.2, -0.15) is 0 Å². The van der Waals surface area contributed by atoms with Crippen LogP contribution in [0.15, 0.2) is 0 Å². The summed E-state index contributed by atoms with van der Waals surface area (Å²) in [6.45, 7) is 7.25. The molecule has 0 radical (unpaired) electrons. The van der Waals surface area contributed by atoms with E-state index in [-0.39, 0.29) is 12.5 Å². The average Bonchev–Trinajstić information content (AvgIpc) is 2.08. The summed E-state index contributed by atoms with van der Waals surface area (Å²) in [5, 5.41) is 5.03. The third-order valence-corrected chi connectivity index (χ3v) is 1.78. The van der Waals surface area contributed by atoms with E-state index in [1.807, 2.05) is 6.66 Å². The Hall–Kier alpha value is -0.830. The molecule has 88 valence electrons. The van der Waals surface area contributed by atoms with Crippen LogP contribution in [0.3, 0.4) is 0 Å². The number of ether oxygens (including phenoxy) is 1. The van der Waals surface area contributed by atoms with Crippen LogP contribution >= 0.6 is 8.58 Å². The maximum atomic E-state index is 11.1. The van der Waals surface area contributed by atoms with Crippen molar-refractivity contribution in [1.82, 2.24) is 10.6 Å². The van der Waals surface area contributed by atoms with Gasteiger partial charge in [0.05, 0.1) is 0 Å². The fourth-order valence-electron chi connectivity index (χ4n) is 0.716. The smallest absolute Gasteiger partial charge is 0.408 e. The monoisotopic (exact) mass is 234 g/mol. The van der Waals surface area contributed by atoms with Crippen molar-refractivity contribution in [3.05, 3.63) is 0 Å².